The molecule has 0 saturated carbocycles. The molecule has 29 heavy (non-hydrogen) atoms. The first kappa shape index (κ1) is 17.6. The highest BCUT2D eigenvalue weighted by Gasteiger charge is 2.24. The monoisotopic (exact) mass is 398 g/mol. The number of hydrogen-bond acceptors (Lipinski definition) is 5. The minimum Gasteiger partial charge on any atom is -0.341 e. The van der Waals surface area contributed by atoms with Gasteiger partial charge in [-0.1, -0.05) is 29.8 Å². The third kappa shape index (κ3) is 3.19. The smallest absolute Gasteiger partial charge is 0.168 e. The minimum atomic E-state index is -0.369. The fourth-order valence-corrected chi connectivity index (χ4v) is 3.62. The minimum absolute atomic E-state index is 0.369. The first-order valence-corrected chi connectivity index (χ1v) is 9.78. The van der Waals surface area contributed by atoms with Crippen LogP contribution in [0.1, 0.15) is 22.5 Å². The number of imidazole rings is 1. The van der Waals surface area contributed by atoms with Crippen LogP contribution in [0.5, 0.6) is 0 Å². The van der Waals surface area contributed by atoms with Gasteiger partial charge in [0.25, 0.3) is 0 Å². The highest BCUT2D eigenvalue weighted by Crippen LogP contribution is 2.32. The average Bonchev–Trinajstić information content (AvgIpc) is 3.39. The number of hydrogen-bond donors (Lipinski definition) is 2. The van der Waals surface area contributed by atoms with Crippen molar-refractivity contribution in [3.63, 3.8) is 0 Å². The molecule has 0 fully saturated rings. The molecule has 0 aliphatic heterocycles. The molecule has 3 aromatic heterocycles. The Labute approximate surface area is 173 Å². The standard InChI is InChI=1S/C22H18N6S/c1-14-6-8-16(9-7-14)28-21(15-10-12-23-13-11-15)26-27-22(28)19(29)20-24-17-4-2-3-5-18(17)25-20/h2-13,19,29H,1H3,(H,24,25). The molecule has 0 spiro atoms. The Morgan fingerprint density at radius 1 is 0.931 bits per heavy atom. The number of nitrogens with zero attached hydrogens (tertiary/aromatic N) is 5. The van der Waals surface area contributed by atoms with Crippen LogP contribution in [-0.4, -0.2) is 29.7 Å². The fourth-order valence-electron chi connectivity index (χ4n) is 3.33. The number of fused-ring (bicyclic) bond motifs is 1. The van der Waals surface area contributed by atoms with E-state index in [1.807, 2.05) is 41.0 Å². The van der Waals surface area contributed by atoms with E-state index in [4.69, 9.17) is 17.6 Å². The molecule has 5 aromatic rings. The Morgan fingerprint density at radius 2 is 1.69 bits per heavy atom. The van der Waals surface area contributed by atoms with Crippen molar-refractivity contribution in [1.82, 2.24) is 29.7 Å². The van der Waals surface area contributed by atoms with Crippen molar-refractivity contribution in [2.24, 2.45) is 0 Å². The molecule has 7 heteroatoms. The van der Waals surface area contributed by atoms with E-state index in [0.29, 0.717) is 5.82 Å². The molecule has 0 bridgehead atoms. The zero-order valence-corrected chi connectivity index (χ0v) is 16.6. The molecular formula is C22H18N6S. The number of benzene rings is 2. The van der Waals surface area contributed by atoms with Gasteiger partial charge in [0, 0.05) is 23.6 Å². The van der Waals surface area contributed by atoms with E-state index >= 15 is 0 Å². The van der Waals surface area contributed by atoms with Gasteiger partial charge in [-0.25, -0.2) is 4.98 Å². The molecule has 1 atom stereocenters. The van der Waals surface area contributed by atoms with E-state index < -0.39 is 0 Å². The van der Waals surface area contributed by atoms with Gasteiger partial charge in [-0.15, -0.1) is 10.2 Å². The molecule has 142 valence electrons. The Hall–Kier alpha value is -3.45. The lowest BCUT2D eigenvalue weighted by atomic mass is 10.2. The predicted octanol–water partition coefficient (Wildman–Crippen LogP) is 4.53. The second-order valence-electron chi connectivity index (χ2n) is 6.83. The molecule has 3 heterocycles. The van der Waals surface area contributed by atoms with Gasteiger partial charge < -0.3 is 4.98 Å². The highest BCUT2D eigenvalue weighted by atomic mass is 32.1. The van der Waals surface area contributed by atoms with Crippen LogP contribution in [0.3, 0.4) is 0 Å². The molecule has 6 nitrogen and oxygen atoms in total. The van der Waals surface area contributed by atoms with Crippen LogP contribution >= 0.6 is 12.6 Å². The molecule has 0 amide bonds. The van der Waals surface area contributed by atoms with Gasteiger partial charge >= 0.3 is 0 Å². The van der Waals surface area contributed by atoms with E-state index in [1.165, 1.54) is 5.56 Å². The van der Waals surface area contributed by atoms with E-state index in [0.717, 1.165) is 33.9 Å². The first-order chi connectivity index (χ1) is 14.2. The van der Waals surface area contributed by atoms with Crippen molar-refractivity contribution in [2.45, 2.75) is 12.2 Å². The topological polar surface area (TPSA) is 72.3 Å². The number of aromatic amines is 1. The van der Waals surface area contributed by atoms with Crippen molar-refractivity contribution in [3.05, 3.63) is 90.3 Å². The Balaban J connectivity index is 1.68. The van der Waals surface area contributed by atoms with Crippen LogP contribution < -0.4 is 0 Å². The number of para-hydroxylation sites is 2. The summed E-state index contributed by atoms with van der Waals surface area (Å²) in [5, 5.41) is 8.61. The number of aryl methyl sites for hydroxylation is 1. The van der Waals surface area contributed by atoms with Crippen LogP contribution in [0.15, 0.2) is 73.1 Å². The summed E-state index contributed by atoms with van der Waals surface area (Å²) >= 11 is 4.86. The van der Waals surface area contributed by atoms with Gasteiger partial charge in [-0.05, 0) is 43.3 Å². The summed E-state index contributed by atoms with van der Waals surface area (Å²) < 4.78 is 2.03. The quantitative estimate of drug-likeness (QED) is 0.436. The first-order valence-electron chi connectivity index (χ1n) is 9.26. The van der Waals surface area contributed by atoms with Crippen LogP contribution in [0.4, 0.5) is 0 Å². The zero-order chi connectivity index (χ0) is 19.8. The summed E-state index contributed by atoms with van der Waals surface area (Å²) in [6.07, 6.45) is 3.50. The Morgan fingerprint density at radius 3 is 2.45 bits per heavy atom. The van der Waals surface area contributed by atoms with Crippen molar-refractivity contribution in [1.29, 1.82) is 0 Å². The third-order valence-corrected chi connectivity index (χ3v) is 5.31. The summed E-state index contributed by atoms with van der Waals surface area (Å²) in [4.78, 5) is 12.2. The largest absolute Gasteiger partial charge is 0.341 e. The molecule has 0 aliphatic rings. The van der Waals surface area contributed by atoms with Crippen molar-refractivity contribution in [2.75, 3.05) is 0 Å². The number of aromatic nitrogens is 6. The van der Waals surface area contributed by atoms with Crippen LogP contribution in [-0.2, 0) is 0 Å². The normalized spacial score (nSPS) is 12.3. The number of nitrogens with one attached hydrogen (secondary N) is 1. The molecule has 2 aromatic carbocycles. The number of rotatable bonds is 4. The lowest BCUT2D eigenvalue weighted by Gasteiger charge is -2.13. The van der Waals surface area contributed by atoms with Crippen LogP contribution in [0.25, 0.3) is 28.1 Å². The number of thiol groups is 1. The molecule has 0 radical (unpaired) electrons. The Kier molecular flexibility index (Phi) is 4.37. The molecule has 0 saturated heterocycles. The van der Waals surface area contributed by atoms with Gasteiger partial charge in [0.15, 0.2) is 11.6 Å². The van der Waals surface area contributed by atoms with E-state index in [-0.39, 0.29) is 5.25 Å². The molecule has 1 unspecified atom stereocenters. The van der Waals surface area contributed by atoms with Crippen molar-refractivity contribution < 1.29 is 0 Å². The highest BCUT2D eigenvalue weighted by molar-refractivity contribution is 7.80. The third-order valence-electron chi connectivity index (χ3n) is 4.83. The second-order valence-corrected chi connectivity index (χ2v) is 7.35. The van der Waals surface area contributed by atoms with Gasteiger partial charge in [-0.3, -0.25) is 9.55 Å². The van der Waals surface area contributed by atoms with Crippen molar-refractivity contribution in [3.8, 4) is 17.1 Å². The fraction of sp³-hybridized carbons (Fsp3) is 0.0909. The number of H-pyrrole nitrogens is 1. The predicted molar refractivity (Wildman–Crippen MR) is 116 cm³/mol. The second kappa shape index (κ2) is 7.18. The lowest BCUT2D eigenvalue weighted by molar-refractivity contribution is 0.861. The lowest BCUT2D eigenvalue weighted by Crippen LogP contribution is -2.07. The maximum Gasteiger partial charge on any atom is 0.168 e. The van der Waals surface area contributed by atoms with E-state index in [9.17, 15) is 0 Å². The summed E-state index contributed by atoms with van der Waals surface area (Å²) in [5.74, 6) is 2.17. The van der Waals surface area contributed by atoms with Gasteiger partial charge in [-0.2, -0.15) is 12.6 Å². The maximum absolute atomic E-state index is 4.86. The zero-order valence-electron chi connectivity index (χ0n) is 15.7. The van der Waals surface area contributed by atoms with E-state index in [1.54, 1.807) is 12.4 Å². The summed E-state index contributed by atoms with van der Waals surface area (Å²) in [6, 6.07) is 20.0. The van der Waals surface area contributed by atoms with Crippen LogP contribution in [0.2, 0.25) is 0 Å². The number of pyridine rings is 1. The Bertz CT molecular complexity index is 1240. The molecular weight excluding hydrogens is 380 g/mol. The SMILES string of the molecule is Cc1ccc(-n2c(-c3ccncc3)nnc2C(S)c2nc3ccccc3[nH]2)cc1. The van der Waals surface area contributed by atoms with Gasteiger partial charge in [0.1, 0.15) is 11.1 Å². The maximum atomic E-state index is 4.86. The van der Waals surface area contributed by atoms with Gasteiger partial charge in [0.05, 0.1) is 11.0 Å². The molecule has 5 rings (SSSR count). The van der Waals surface area contributed by atoms with Crippen LogP contribution in [0, 0.1) is 6.92 Å². The van der Waals surface area contributed by atoms with E-state index in [2.05, 4.69) is 51.4 Å². The molecule has 1 N–H and O–H groups in total. The van der Waals surface area contributed by atoms with Crippen molar-refractivity contribution >= 4 is 23.7 Å². The van der Waals surface area contributed by atoms with Gasteiger partial charge in [0.2, 0.25) is 0 Å². The average molecular weight is 398 g/mol. The summed E-state index contributed by atoms with van der Waals surface area (Å²) in [7, 11) is 0. The summed E-state index contributed by atoms with van der Waals surface area (Å²) in [5.41, 5.74) is 4.96. The molecule has 0 aliphatic carbocycles. The summed E-state index contributed by atoms with van der Waals surface area (Å²) in [6.45, 7) is 2.07.